The lowest BCUT2D eigenvalue weighted by molar-refractivity contribution is -0.160. The number of likely N-dealkylation sites (tertiary alicyclic amines) is 1. The van der Waals surface area contributed by atoms with Crippen LogP contribution in [0, 0.1) is 11.8 Å². The van der Waals surface area contributed by atoms with Gasteiger partial charge in [-0.15, -0.1) is 13.2 Å². The number of aliphatic hydroxyl groups excluding tert-OH is 1. The Labute approximate surface area is 335 Å². The molecule has 2 N–H and O–H groups in total. The summed E-state index contributed by atoms with van der Waals surface area (Å²) in [5, 5.41) is 15.8. The average molecular weight is 821 g/mol. The normalized spacial score (nSPS) is 24.6. The number of amides is 3. The molecule has 1 unspecified atom stereocenters. The number of ether oxygens (including phenoxy) is 2. The van der Waals surface area contributed by atoms with Gasteiger partial charge in [-0.3, -0.25) is 19.2 Å². The van der Waals surface area contributed by atoms with Crippen LogP contribution in [0.2, 0.25) is 0 Å². The molecule has 0 aromatic heterocycles. The number of allylic oxidation sites excluding steroid dienone is 1. The molecule has 3 heterocycles. The number of benzene rings is 4. The second kappa shape index (κ2) is 17.0. The molecule has 7 rings (SSSR count). The second-order valence-electron chi connectivity index (χ2n) is 14.7. The fourth-order valence-corrected chi connectivity index (χ4v) is 9.68. The van der Waals surface area contributed by atoms with Crippen molar-refractivity contribution in [1.82, 2.24) is 10.2 Å². The van der Waals surface area contributed by atoms with Crippen LogP contribution in [0.1, 0.15) is 36.5 Å². The van der Waals surface area contributed by atoms with E-state index < -0.39 is 66.1 Å². The maximum atomic E-state index is 15.3. The molecule has 3 aliphatic heterocycles. The average Bonchev–Trinajstić information content (AvgIpc) is 3.83. The first kappa shape index (κ1) is 39.1. The van der Waals surface area contributed by atoms with E-state index in [0.29, 0.717) is 17.7 Å². The van der Waals surface area contributed by atoms with E-state index in [2.05, 4.69) is 34.4 Å². The lowest BCUT2D eigenvalue weighted by Gasteiger charge is -2.39. The molecule has 56 heavy (non-hydrogen) atoms. The van der Waals surface area contributed by atoms with Crippen molar-refractivity contribution in [3.8, 4) is 0 Å². The minimum atomic E-state index is -1.42. The van der Waals surface area contributed by atoms with Crippen LogP contribution in [-0.2, 0) is 35.1 Å². The Kier molecular flexibility index (Phi) is 11.8. The van der Waals surface area contributed by atoms with Crippen LogP contribution in [0.15, 0.2) is 128 Å². The molecular formula is C45H46BrN3O7. The van der Waals surface area contributed by atoms with E-state index in [1.807, 2.05) is 103 Å². The maximum absolute atomic E-state index is 15.3. The van der Waals surface area contributed by atoms with Gasteiger partial charge in [0.05, 0.1) is 37.1 Å². The summed E-state index contributed by atoms with van der Waals surface area (Å²) in [5.74, 6) is -3.88. The summed E-state index contributed by atoms with van der Waals surface area (Å²) in [5.41, 5.74) is 0.741. The zero-order valence-corrected chi connectivity index (χ0v) is 32.6. The predicted molar refractivity (Wildman–Crippen MR) is 218 cm³/mol. The number of nitrogens with one attached hydrogen (secondary N) is 1. The first-order chi connectivity index (χ1) is 27.2. The standard InChI is InChI=1S/C45H46BrN3O7/c1-3-5-20-37(51)47-27-36(31-17-10-7-11-18-31)55-44(54)38-39-42(52)49(34(28-50)24-29-14-8-6-9-15-29)41(45(39)26-35(46)40(38)56-45)43(53)48(23-4-2)33-22-21-30-16-12-13-19-32(30)25-33/h3-4,6-19,21-22,25,34-36,38-41,50H,1-2,5,20,23-24,26-28H2,(H,47,51)/t34-,35?,36-,38-,39+,40-,41-,45+/m1/s1. The molecule has 4 aromatic rings. The Morgan fingerprint density at radius 1 is 0.982 bits per heavy atom. The summed E-state index contributed by atoms with van der Waals surface area (Å²) in [7, 11) is 0. The van der Waals surface area contributed by atoms with Crippen molar-refractivity contribution in [1.29, 1.82) is 0 Å². The van der Waals surface area contributed by atoms with E-state index in [-0.39, 0.29) is 43.1 Å². The van der Waals surface area contributed by atoms with Crippen molar-refractivity contribution >= 4 is 56.1 Å². The monoisotopic (exact) mass is 819 g/mol. The highest BCUT2D eigenvalue weighted by molar-refractivity contribution is 9.09. The molecule has 4 aromatic carbocycles. The number of fused-ring (bicyclic) bond motifs is 2. The van der Waals surface area contributed by atoms with E-state index in [1.54, 1.807) is 17.1 Å². The number of aliphatic hydroxyl groups is 1. The smallest absolute Gasteiger partial charge is 0.313 e. The topological polar surface area (TPSA) is 125 Å². The molecule has 0 radical (unpaired) electrons. The van der Waals surface area contributed by atoms with Gasteiger partial charge in [0.2, 0.25) is 11.8 Å². The Bertz CT molecular complexity index is 2100. The number of hydrogen-bond donors (Lipinski definition) is 2. The number of halogens is 1. The van der Waals surface area contributed by atoms with Crippen LogP contribution in [0.25, 0.3) is 10.8 Å². The summed E-state index contributed by atoms with van der Waals surface area (Å²) >= 11 is 3.77. The molecule has 10 nitrogen and oxygen atoms in total. The zero-order valence-electron chi connectivity index (χ0n) is 31.0. The quantitative estimate of drug-likeness (QED) is 0.0799. The van der Waals surface area contributed by atoms with Gasteiger partial charge in [-0.05, 0) is 53.3 Å². The summed E-state index contributed by atoms with van der Waals surface area (Å²) in [6.45, 7) is 7.36. The molecule has 2 bridgehead atoms. The Morgan fingerprint density at radius 3 is 2.38 bits per heavy atom. The molecule has 0 saturated carbocycles. The number of anilines is 1. The number of nitrogens with zero attached hydrogens (tertiary/aromatic N) is 2. The van der Waals surface area contributed by atoms with Gasteiger partial charge in [0.25, 0.3) is 5.91 Å². The lowest BCUT2D eigenvalue weighted by Crippen LogP contribution is -2.59. The number of esters is 1. The number of hydrogen-bond acceptors (Lipinski definition) is 7. The van der Waals surface area contributed by atoms with Gasteiger partial charge in [0.1, 0.15) is 17.7 Å². The molecule has 290 valence electrons. The molecule has 3 amide bonds. The molecule has 3 aliphatic rings. The fourth-order valence-electron chi connectivity index (χ4n) is 8.73. The Hall–Kier alpha value is -5.10. The first-order valence-corrected chi connectivity index (χ1v) is 19.9. The Balaban J connectivity index is 1.27. The van der Waals surface area contributed by atoms with Gasteiger partial charge in [-0.1, -0.05) is 119 Å². The Morgan fingerprint density at radius 2 is 1.68 bits per heavy atom. The van der Waals surface area contributed by atoms with E-state index in [1.165, 1.54) is 4.90 Å². The van der Waals surface area contributed by atoms with Crippen molar-refractivity contribution in [2.75, 3.05) is 24.6 Å². The molecule has 3 fully saturated rings. The second-order valence-corrected chi connectivity index (χ2v) is 15.8. The largest absolute Gasteiger partial charge is 0.455 e. The molecule has 11 heteroatoms. The third kappa shape index (κ3) is 7.43. The summed E-state index contributed by atoms with van der Waals surface area (Å²) < 4.78 is 13.1. The summed E-state index contributed by atoms with van der Waals surface area (Å²) in [6.07, 6.45) is 2.95. The molecular weight excluding hydrogens is 774 g/mol. The van der Waals surface area contributed by atoms with E-state index in [0.717, 1.165) is 16.3 Å². The van der Waals surface area contributed by atoms with Crippen molar-refractivity contribution in [2.24, 2.45) is 11.8 Å². The third-order valence-corrected chi connectivity index (χ3v) is 12.1. The van der Waals surface area contributed by atoms with Gasteiger partial charge in [-0.2, -0.15) is 0 Å². The van der Waals surface area contributed by atoms with Gasteiger partial charge in [-0.25, -0.2) is 0 Å². The highest BCUT2D eigenvalue weighted by Gasteiger charge is 2.77. The highest BCUT2D eigenvalue weighted by atomic mass is 79.9. The van der Waals surface area contributed by atoms with Crippen molar-refractivity contribution in [3.63, 3.8) is 0 Å². The first-order valence-electron chi connectivity index (χ1n) is 19.0. The van der Waals surface area contributed by atoms with Gasteiger partial charge >= 0.3 is 5.97 Å². The van der Waals surface area contributed by atoms with Gasteiger partial charge in [0, 0.05) is 23.5 Å². The van der Waals surface area contributed by atoms with E-state index in [9.17, 15) is 14.7 Å². The van der Waals surface area contributed by atoms with Crippen LogP contribution >= 0.6 is 15.9 Å². The van der Waals surface area contributed by atoms with E-state index in [4.69, 9.17) is 9.47 Å². The minimum absolute atomic E-state index is 0.0185. The number of alkyl halides is 1. The van der Waals surface area contributed by atoms with Crippen molar-refractivity contribution in [2.45, 2.75) is 60.4 Å². The maximum Gasteiger partial charge on any atom is 0.313 e. The van der Waals surface area contributed by atoms with E-state index >= 15 is 9.59 Å². The van der Waals surface area contributed by atoms with Crippen LogP contribution in [0.3, 0.4) is 0 Å². The molecule has 8 atom stereocenters. The van der Waals surface area contributed by atoms with Gasteiger partial charge < -0.3 is 29.7 Å². The fraction of sp³-hybridized carbons (Fsp3) is 0.333. The number of carbonyl (C=O) groups excluding carboxylic acids is 4. The van der Waals surface area contributed by atoms with Crippen LogP contribution < -0.4 is 10.2 Å². The highest BCUT2D eigenvalue weighted by Crippen LogP contribution is 2.61. The summed E-state index contributed by atoms with van der Waals surface area (Å²) in [4.78, 5) is 60.3. The van der Waals surface area contributed by atoms with Crippen molar-refractivity contribution < 1.29 is 33.8 Å². The summed E-state index contributed by atoms with van der Waals surface area (Å²) in [6, 6.07) is 30.2. The molecule has 0 aliphatic carbocycles. The van der Waals surface area contributed by atoms with Crippen LogP contribution in [-0.4, -0.2) is 82.0 Å². The van der Waals surface area contributed by atoms with Gasteiger partial charge in [0.15, 0.2) is 0 Å². The van der Waals surface area contributed by atoms with Crippen LogP contribution in [0.4, 0.5) is 5.69 Å². The minimum Gasteiger partial charge on any atom is -0.455 e. The van der Waals surface area contributed by atoms with Crippen molar-refractivity contribution in [3.05, 3.63) is 140 Å². The third-order valence-electron chi connectivity index (χ3n) is 11.3. The van der Waals surface area contributed by atoms with Crippen LogP contribution in [0.5, 0.6) is 0 Å². The zero-order chi connectivity index (χ0) is 39.4. The SMILES string of the molecule is C=CCCC(=O)NC[C@@H](OC(=O)[C@H]1[C@@H]2O[C@@]3(CC2Br)[C@@H]1C(=O)N([C@@H](CO)Cc1ccccc1)[C@@H]3C(=O)N(CC=C)c1ccc2ccccc2c1)c1ccccc1. The number of carbonyl (C=O) groups is 4. The molecule has 1 spiro atoms. The predicted octanol–water partition coefficient (Wildman–Crippen LogP) is 6.08. The number of rotatable bonds is 16. The lowest BCUT2D eigenvalue weighted by atomic mass is 9.70. The molecule has 3 saturated heterocycles.